The highest BCUT2D eigenvalue weighted by molar-refractivity contribution is 5.93. The lowest BCUT2D eigenvalue weighted by atomic mass is 9.85. The van der Waals surface area contributed by atoms with Gasteiger partial charge in [-0.2, -0.15) is 0 Å². The summed E-state index contributed by atoms with van der Waals surface area (Å²) in [7, 11) is 0. The summed E-state index contributed by atoms with van der Waals surface area (Å²) in [6.07, 6.45) is 3.71. The molecule has 0 saturated heterocycles. The second-order valence-corrected chi connectivity index (χ2v) is 6.77. The molecule has 27 heavy (non-hydrogen) atoms. The number of fused-ring (bicyclic) bond motifs is 1. The van der Waals surface area contributed by atoms with Gasteiger partial charge in [-0.15, -0.1) is 0 Å². The third-order valence-electron chi connectivity index (χ3n) is 4.93. The summed E-state index contributed by atoms with van der Waals surface area (Å²) in [5, 5.41) is 2.94. The van der Waals surface area contributed by atoms with E-state index in [-0.39, 0.29) is 25.2 Å². The van der Waals surface area contributed by atoms with Crippen molar-refractivity contribution in [3.05, 3.63) is 53.6 Å². The molecule has 2 aromatic carbocycles. The first kappa shape index (κ1) is 17.4. The largest absolute Gasteiger partial charge is 0.462 e. The Morgan fingerprint density at radius 2 is 1.81 bits per heavy atom. The second kappa shape index (κ2) is 7.70. The van der Waals surface area contributed by atoms with Gasteiger partial charge in [0.1, 0.15) is 0 Å². The van der Waals surface area contributed by atoms with Gasteiger partial charge in [-0.05, 0) is 48.7 Å². The minimum absolute atomic E-state index is 0.103. The number of ether oxygens (including phenoxy) is 3. The summed E-state index contributed by atoms with van der Waals surface area (Å²) in [5.41, 5.74) is 2.27. The molecule has 1 N–H and O–H groups in total. The lowest BCUT2D eigenvalue weighted by Gasteiger charge is -2.24. The molecule has 1 aliphatic carbocycles. The van der Waals surface area contributed by atoms with Crippen LogP contribution in [0.25, 0.3) is 0 Å². The standard InChI is InChI=1S/C21H21NO5/c23-20(15-2-1-3-15)22-17-7-4-14(5-8-17)10-11-25-21(24)16-6-9-18-19(12-16)27-13-26-18/h4-9,12,15H,1-3,10-11,13H2,(H,22,23). The van der Waals surface area contributed by atoms with Gasteiger partial charge in [0.05, 0.1) is 12.2 Å². The first-order valence-electron chi connectivity index (χ1n) is 9.15. The quantitative estimate of drug-likeness (QED) is 0.791. The second-order valence-electron chi connectivity index (χ2n) is 6.77. The van der Waals surface area contributed by atoms with Gasteiger partial charge in [0.25, 0.3) is 0 Å². The average Bonchev–Trinajstić information content (AvgIpc) is 3.09. The number of hydrogen-bond acceptors (Lipinski definition) is 5. The third kappa shape index (κ3) is 4.05. The summed E-state index contributed by atoms with van der Waals surface area (Å²) in [5.74, 6) is 1.07. The Hall–Kier alpha value is -3.02. The SMILES string of the molecule is O=C(OCCc1ccc(NC(=O)C2CCC2)cc1)c1ccc2c(c1)OCO2. The van der Waals surface area contributed by atoms with Crippen molar-refractivity contribution in [2.24, 2.45) is 5.92 Å². The van der Waals surface area contributed by atoms with E-state index in [1.165, 1.54) is 0 Å². The predicted octanol–water partition coefficient (Wildman–Crippen LogP) is 3.55. The molecule has 140 valence electrons. The molecule has 4 rings (SSSR count). The van der Waals surface area contributed by atoms with Crippen molar-refractivity contribution in [2.75, 3.05) is 18.7 Å². The Balaban J connectivity index is 1.25. The van der Waals surface area contributed by atoms with Gasteiger partial charge in [0, 0.05) is 18.0 Å². The van der Waals surface area contributed by atoms with Crippen LogP contribution in [-0.4, -0.2) is 25.3 Å². The van der Waals surface area contributed by atoms with Crippen molar-refractivity contribution in [3.8, 4) is 11.5 Å². The van der Waals surface area contributed by atoms with Crippen LogP contribution in [0.3, 0.4) is 0 Å². The topological polar surface area (TPSA) is 73.9 Å². The number of rotatable bonds is 6. The zero-order valence-electron chi connectivity index (χ0n) is 14.9. The number of hydrogen-bond donors (Lipinski definition) is 1. The van der Waals surface area contributed by atoms with Crippen LogP contribution >= 0.6 is 0 Å². The van der Waals surface area contributed by atoms with E-state index >= 15 is 0 Å². The number of carbonyl (C=O) groups excluding carboxylic acids is 2. The Kier molecular flexibility index (Phi) is 4.96. The van der Waals surface area contributed by atoms with Crippen molar-refractivity contribution in [2.45, 2.75) is 25.7 Å². The van der Waals surface area contributed by atoms with Gasteiger partial charge < -0.3 is 19.5 Å². The Morgan fingerprint density at radius 1 is 1.04 bits per heavy atom. The van der Waals surface area contributed by atoms with Gasteiger partial charge in [0.2, 0.25) is 12.7 Å². The highest BCUT2D eigenvalue weighted by atomic mass is 16.7. The van der Waals surface area contributed by atoms with Crippen molar-refractivity contribution in [1.29, 1.82) is 0 Å². The maximum absolute atomic E-state index is 12.1. The van der Waals surface area contributed by atoms with Crippen LogP contribution in [0, 0.1) is 5.92 Å². The van der Waals surface area contributed by atoms with E-state index in [1.54, 1.807) is 18.2 Å². The van der Waals surface area contributed by atoms with Crippen molar-refractivity contribution < 1.29 is 23.8 Å². The fraction of sp³-hybridized carbons (Fsp3) is 0.333. The number of anilines is 1. The molecule has 2 aliphatic rings. The van der Waals surface area contributed by atoms with Crippen molar-refractivity contribution >= 4 is 17.6 Å². The number of esters is 1. The summed E-state index contributed by atoms with van der Waals surface area (Å²) in [4.78, 5) is 24.1. The Morgan fingerprint density at radius 3 is 2.56 bits per heavy atom. The molecule has 0 radical (unpaired) electrons. The number of nitrogens with one attached hydrogen (secondary N) is 1. The van der Waals surface area contributed by atoms with Crippen molar-refractivity contribution in [1.82, 2.24) is 0 Å². The zero-order valence-corrected chi connectivity index (χ0v) is 14.9. The van der Waals surface area contributed by atoms with Crippen LogP contribution in [-0.2, 0) is 16.0 Å². The van der Waals surface area contributed by atoms with Gasteiger partial charge in [-0.25, -0.2) is 4.79 Å². The molecule has 1 heterocycles. The van der Waals surface area contributed by atoms with Gasteiger partial charge in [-0.1, -0.05) is 18.6 Å². The third-order valence-corrected chi connectivity index (χ3v) is 4.93. The Bertz CT molecular complexity index is 842. The molecule has 6 heteroatoms. The summed E-state index contributed by atoms with van der Waals surface area (Å²) >= 11 is 0. The molecule has 1 fully saturated rings. The van der Waals surface area contributed by atoms with E-state index in [0.717, 1.165) is 30.5 Å². The minimum atomic E-state index is -0.391. The summed E-state index contributed by atoms with van der Waals surface area (Å²) in [6.45, 7) is 0.450. The number of benzene rings is 2. The van der Waals surface area contributed by atoms with E-state index < -0.39 is 5.97 Å². The maximum atomic E-state index is 12.1. The lowest BCUT2D eigenvalue weighted by Crippen LogP contribution is -2.27. The molecule has 2 aromatic rings. The normalized spacial score (nSPS) is 15.1. The van der Waals surface area contributed by atoms with E-state index in [4.69, 9.17) is 14.2 Å². The molecule has 6 nitrogen and oxygen atoms in total. The number of amides is 1. The summed E-state index contributed by atoms with van der Waals surface area (Å²) < 4.78 is 15.8. The van der Waals surface area contributed by atoms with Crippen LogP contribution in [0.15, 0.2) is 42.5 Å². The zero-order chi connectivity index (χ0) is 18.6. The molecule has 1 aliphatic heterocycles. The van der Waals surface area contributed by atoms with E-state index in [0.29, 0.717) is 23.5 Å². The summed E-state index contributed by atoms with van der Waals surface area (Å²) in [6, 6.07) is 12.6. The van der Waals surface area contributed by atoms with E-state index in [1.807, 2.05) is 24.3 Å². The monoisotopic (exact) mass is 367 g/mol. The molecule has 0 atom stereocenters. The molecular formula is C21H21NO5. The van der Waals surface area contributed by atoms with Crippen LogP contribution in [0.2, 0.25) is 0 Å². The van der Waals surface area contributed by atoms with Gasteiger partial charge >= 0.3 is 5.97 Å². The van der Waals surface area contributed by atoms with Crippen LogP contribution in [0.4, 0.5) is 5.69 Å². The highest BCUT2D eigenvalue weighted by Gasteiger charge is 2.25. The molecule has 0 unspecified atom stereocenters. The van der Waals surface area contributed by atoms with Crippen LogP contribution in [0.1, 0.15) is 35.2 Å². The lowest BCUT2D eigenvalue weighted by molar-refractivity contribution is -0.122. The fourth-order valence-corrected chi connectivity index (χ4v) is 3.04. The van der Waals surface area contributed by atoms with E-state index in [9.17, 15) is 9.59 Å². The fourth-order valence-electron chi connectivity index (χ4n) is 3.04. The molecule has 0 spiro atoms. The van der Waals surface area contributed by atoms with Gasteiger partial charge in [0.15, 0.2) is 11.5 Å². The highest BCUT2D eigenvalue weighted by Crippen LogP contribution is 2.32. The molecular weight excluding hydrogens is 346 g/mol. The first-order valence-corrected chi connectivity index (χ1v) is 9.15. The van der Waals surface area contributed by atoms with Crippen molar-refractivity contribution in [3.63, 3.8) is 0 Å². The molecule has 1 saturated carbocycles. The van der Waals surface area contributed by atoms with Gasteiger partial charge in [-0.3, -0.25) is 4.79 Å². The predicted molar refractivity (Wildman–Crippen MR) is 99.0 cm³/mol. The average molecular weight is 367 g/mol. The molecule has 0 bridgehead atoms. The smallest absolute Gasteiger partial charge is 0.338 e. The molecule has 1 amide bonds. The molecule has 0 aromatic heterocycles. The minimum Gasteiger partial charge on any atom is -0.462 e. The van der Waals surface area contributed by atoms with E-state index in [2.05, 4.69) is 5.32 Å². The first-order chi connectivity index (χ1) is 13.2. The Labute approximate surface area is 157 Å². The van der Waals surface area contributed by atoms with Crippen LogP contribution < -0.4 is 14.8 Å². The maximum Gasteiger partial charge on any atom is 0.338 e. The number of carbonyl (C=O) groups is 2. The van der Waals surface area contributed by atoms with Crippen LogP contribution in [0.5, 0.6) is 11.5 Å².